The van der Waals surface area contributed by atoms with Crippen LogP contribution in [0, 0.1) is 28.8 Å². The van der Waals surface area contributed by atoms with Gasteiger partial charge in [-0.2, -0.15) is 4.31 Å². The van der Waals surface area contributed by atoms with E-state index < -0.39 is 26.7 Å². The summed E-state index contributed by atoms with van der Waals surface area (Å²) in [4.78, 5) is 11.5. The highest BCUT2D eigenvalue weighted by atomic mass is 32.2. The molecule has 0 radical (unpaired) electrons. The lowest BCUT2D eigenvalue weighted by Crippen LogP contribution is -2.42. The average molecular weight is 445 g/mol. The predicted molar refractivity (Wildman–Crippen MR) is 118 cm³/mol. The molecule has 0 spiro atoms. The first-order chi connectivity index (χ1) is 14.6. The van der Waals surface area contributed by atoms with Gasteiger partial charge in [-0.1, -0.05) is 41.5 Å². The lowest BCUT2D eigenvalue weighted by Gasteiger charge is -2.32. The van der Waals surface area contributed by atoms with Crippen molar-refractivity contribution in [3.8, 4) is 0 Å². The maximum absolute atomic E-state index is 13.9. The van der Waals surface area contributed by atoms with Crippen LogP contribution in [-0.2, 0) is 10.0 Å². The van der Waals surface area contributed by atoms with Crippen LogP contribution in [0.3, 0.4) is 0 Å². The second kappa shape index (κ2) is 9.11. The van der Waals surface area contributed by atoms with Gasteiger partial charge >= 0.3 is 0 Å². The van der Waals surface area contributed by atoms with Gasteiger partial charge in [0.15, 0.2) is 0 Å². The van der Waals surface area contributed by atoms with Crippen molar-refractivity contribution < 1.29 is 17.7 Å². The Balaban J connectivity index is 2.13. The third-order valence-electron chi connectivity index (χ3n) is 5.29. The van der Waals surface area contributed by atoms with Crippen LogP contribution < -0.4 is 0 Å². The number of rotatable bonds is 6. The van der Waals surface area contributed by atoms with Crippen LogP contribution >= 0.6 is 0 Å². The Morgan fingerprint density at radius 1 is 1.23 bits per heavy atom. The van der Waals surface area contributed by atoms with Crippen LogP contribution in [0.4, 0.5) is 4.39 Å². The zero-order chi connectivity index (χ0) is 22.8. The zero-order valence-corrected chi connectivity index (χ0v) is 18.5. The average Bonchev–Trinajstić information content (AvgIpc) is 2.71. The molecule has 1 atom stereocenters. The van der Waals surface area contributed by atoms with Crippen molar-refractivity contribution in [2.75, 3.05) is 13.1 Å². The number of benzene rings is 2. The van der Waals surface area contributed by atoms with Gasteiger partial charge < -0.3 is 0 Å². The molecule has 6 nitrogen and oxygen atoms in total. The van der Waals surface area contributed by atoms with Crippen molar-refractivity contribution in [2.24, 2.45) is 5.92 Å². The molecule has 1 aliphatic heterocycles. The molecule has 0 amide bonds. The molecule has 1 unspecified atom stereocenters. The molecule has 0 N–H and O–H groups in total. The molecule has 2 aromatic carbocycles. The van der Waals surface area contributed by atoms with E-state index in [1.165, 1.54) is 30.3 Å². The molecule has 0 fully saturated rings. The van der Waals surface area contributed by atoms with E-state index in [0.29, 0.717) is 17.6 Å². The van der Waals surface area contributed by atoms with Crippen molar-refractivity contribution in [1.29, 1.82) is 0 Å². The number of nitrogens with zero attached hydrogens (tertiary/aromatic N) is 2. The number of halogens is 1. The summed E-state index contributed by atoms with van der Waals surface area (Å²) in [5.74, 6) is -0.977. The quantitative estimate of drug-likeness (QED) is 0.364. The SMILES string of the molecule is CC(C)=CCC1CN(S(=O)(=O)c2ccc(C)cc2)CC([N+](=O)[O-])=C1c1cccc(F)c1. The van der Waals surface area contributed by atoms with Crippen molar-refractivity contribution in [3.05, 3.63) is 92.9 Å². The van der Waals surface area contributed by atoms with Crippen molar-refractivity contribution in [2.45, 2.75) is 32.1 Å². The molecule has 164 valence electrons. The van der Waals surface area contributed by atoms with Gasteiger partial charge in [-0.05, 0) is 57.0 Å². The highest BCUT2D eigenvalue weighted by Crippen LogP contribution is 2.37. The highest BCUT2D eigenvalue weighted by molar-refractivity contribution is 7.89. The van der Waals surface area contributed by atoms with Crippen molar-refractivity contribution in [3.63, 3.8) is 0 Å². The van der Waals surface area contributed by atoms with Crippen molar-refractivity contribution in [1.82, 2.24) is 4.31 Å². The maximum atomic E-state index is 13.9. The molecule has 3 rings (SSSR count). The summed E-state index contributed by atoms with van der Waals surface area (Å²) in [7, 11) is -3.93. The normalized spacial score (nSPS) is 17.5. The first kappa shape index (κ1) is 22.8. The van der Waals surface area contributed by atoms with E-state index in [-0.39, 0.29) is 23.7 Å². The number of aryl methyl sites for hydroxylation is 1. The van der Waals surface area contributed by atoms with Crippen LogP contribution in [0.2, 0.25) is 0 Å². The fourth-order valence-electron chi connectivity index (χ4n) is 3.72. The molecule has 2 aromatic rings. The minimum atomic E-state index is -3.93. The fraction of sp³-hybridized carbons (Fsp3) is 0.304. The second-order valence-corrected chi connectivity index (χ2v) is 9.89. The minimum Gasteiger partial charge on any atom is -0.259 e. The van der Waals surface area contributed by atoms with E-state index in [9.17, 15) is 22.9 Å². The van der Waals surface area contributed by atoms with Gasteiger partial charge in [0.2, 0.25) is 10.0 Å². The van der Waals surface area contributed by atoms with Gasteiger partial charge in [0, 0.05) is 18.0 Å². The molecule has 0 bridgehead atoms. The topological polar surface area (TPSA) is 80.5 Å². The monoisotopic (exact) mass is 444 g/mol. The first-order valence-corrected chi connectivity index (χ1v) is 11.4. The lowest BCUT2D eigenvalue weighted by atomic mass is 9.85. The van der Waals surface area contributed by atoms with Gasteiger partial charge in [-0.25, -0.2) is 12.8 Å². The van der Waals surface area contributed by atoms with Gasteiger partial charge in [0.25, 0.3) is 5.70 Å². The Kier molecular flexibility index (Phi) is 6.71. The third-order valence-corrected chi connectivity index (χ3v) is 7.12. The Hall–Kier alpha value is -2.84. The van der Waals surface area contributed by atoms with Crippen LogP contribution in [0.5, 0.6) is 0 Å². The minimum absolute atomic E-state index is 0.0726. The van der Waals surface area contributed by atoms with Gasteiger partial charge in [0.05, 0.1) is 9.82 Å². The largest absolute Gasteiger partial charge is 0.265 e. The first-order valence-electron chi connectivity index (χ1n) is 9.93. The summed E-state index contributed by atoms with van der Waals surface area (Å²) in [6.07, 6.45) is 2.33. The molecular weight excluding hydrogens is 419 g/mol. The maximum Gasteiger partial charge on any atom is 0.265 e. The number of allylic oxidation sites excluding steroid dienone is 2. The van der Waals surface area contributed by atoms with Gasteiger partial charge in [0.1, 0.15) is 12.4 Å². The molecule has 0 saturated carbocycles. The van der Waals surface area contributed by atoms with Crippen LogP contribution in [0.25, 0.3) is 5.57 Å². The molecule has 0 aliphatic carbocycles. The fourth-order valence-corrected chi connectivity index (χ4v) is 5.16. The summed E-state index contributed by atoms with van der Waals surface area (Å²) < 4.78 is 41.6. The number of sulfonamides is 1. The van der Waals surface area contributed by atoms with Gasteiger partial charge in [-0.3, -0.25) is 10.1 Å². The molecule has 1 aliphatic rings. The summed E-state index contributed by atoms with van der Waals surface area (Å²) in [6.45, 7) is 5.36. The number of hydrogen-bond acceptors (Lipinski definition) is 4. The summed E-state index contributed by atoms with van der Waals surface area (Å²) in [6, 6.07) is 12.1. The van der Waals surface area contributed by atoms with E-state index in [1.807, 2.05) is 26.8 Å². The Labute approximate surface area is 181 Å². The van der Waals surface area contributed by atoms with Crippen LogP contribution in [0.1, 0.15) is 31.4 Å². The molecule has 31 heavy (non-hydrogen) atoms. The van der Waals surface area contributed by atoms with E-state index in [4.69, 9.17) is 0 Å². The molecule has 8 heteroatoms. The van der Waals surface area contributed by atoms with E-state index in [0.717, 1.165) is 15.4 Å². The summed E-state index contributed by atoms with van der Waals surface area (Å²) in [5.41, 5.74) is 2.50. The highest BCUT2D eigenvalue weighted by Gasteiger charge is 2.40. The van der Waals surface area contributed by atoms with E-state index in [2.05, 4.69) is 0 Å². The third kappa shape index (κ3) is 5.08. The molecule has 0 aromatic heterocycles. The number of nitro groups is 1. The second-order valence-electron chi connectivity index (χ2n) is 7.95. The Morgan fingerprint density at radius 3 is 2.48 bits per heavy atom. The summed E-state index contributed by atoms with van der Waals surface area (Å²) in [5, 5.41) is 12.0. The van der Waals surface area contributed by atoms with Gasteiger partial charge in [-0.15, -0.1) is 0 Å². The Bertz CT molecular complexity index is 1150. The van der Waals surface area contributed by atoms with Crippen LogP contribution in [0.15, 0.2) is 70.8 Å². The number of hydrogen-bond donors (Lipinski definition) is 0. The molecule has 0 saturated heterocycles. The standard InChI is InChI=1S/C23H25FN2O4S/c1-16(2)7-10-19-14-25(31(29,30)21-11-8-17(3)9-12-21)15-22(26(27)28)23(19)18-5-4-6-20(24)13-18/h4-9,11-13,19H,10,14-15H2,1-3H3. The zero-order valence-electron chi connectivity index (χ0n) is 17.7. The smallest absolute Gasteiger partial charge is 0.259 e. The molecular formula is C23H25FN2O4S. The van der Waals surface area contributed by atoms with Crippen LogP contribution in [-0.4, -0.2) is 30.7 Å². The Morgan fingerprint density at radius 2 is 1.90 bits per heavy atom. The molecule has 1 heterocycles. The summed E-state index contributed by atoms with van der Waals surface area (Å²) >= 11 is 0. The lowest BCUT2D eigenvalue weighted by molar-refractivity contribution is -0.427. The van der Waals surface area contributed by atoms with E-state index in [1.54, 1.807) is 18.2 Å². The van der Waals surface area contributed by atoms with Crippen molar-refractivity contribution >= 4 is 15.6 Å². The predicted octanol–water partition coefficient (Wildman–Crippen LogP) is 4.80. The van der Waals surface area contributed by atoms with E-state index >= 15 is 0 Å².